The van der Waals surface area contributed by atoms with Gasteiger partial charge in [-0.15, -0.1) is 0 Å². The Morgan fingerprint density at radius 3 is 1.59 bits per heavy atom. The van der Waals surface area contributed by atoms with Crippen LogP contribution in [0.3, 0.4) is 0 Å². The highest BCUT2D eigenvalue weighted by Gasteiger charge is 2.23. The number of hydrogen-bond donors (Lipinski definition) is 0. The van der Waals surface area contributed by atoms with Gasteiger partial charge in [0, 0.05) is 32.6 Å². The van der Waals surface area contributed by atoms with E-state index in [1.807, 2.05) is 48.5 Å². The first-order chi connectivity index (χ1) is 12.4. The number of rotatable bonds is 10. The molecule has 0 aliphatic heterocycles. The molecule has 0 saturated heterocycles. The number of carbonyl (C=O) groups is 3. The molecule has 0 rings (SSSR count). The first-order valence-corrected chi connectivity index (χ1v) is 9.79. The SMILES string of the molecule is CCN(CCCCN(CCCC=O)C(=O)OC(C)(C)C)C(=O)OC(C)(C)C. The van der Waals surface area contributed by atoms with Crippen LogP contribution in [0.25, 0.3) is 0 Å². The second-order valence-corrected chi connectivity index (χ2v) is 8.54. The number of carbonyl (C=O) groups excluding carboxylic acids is 3. The molecule has 0 aromatic heterocycles. The molecule has 0 N–H and O–H groups in total. The summed E-state index contributed by atoms with van der Waals surface area (Å²) in [5.41, 5.74) is -1.08. The maximum absolute atomic E-state index is 12.3. The topological polar surface area (TPSA) is 76.2 Å². The Morgan fingerprint density at radius 1 is 0.778 bits per heavy atom. The third kappa shape index (κ3) is 13.1. The second kappa shape index (κ2) is 11.8. The maximum Gasteiger partial charge on any atom is 0.410 e. The summed E-state index contributed by atoms with van der Waals surface area (Å²) in [4.78, 5) is 38.3. The Morgan fingerprint density at radius 2 is 1.19 bits per heavy atom. The Hall–Kier alpha value is -1.79. The fourth-order valence-corrected chi connectivity index (χ4v) is 2.30. The molecule has 0 aromatic carbocycles. The molecule has 7 heteroatoms. The zero-order chi connectivity index (χ0) is 21.1. The second-order valence-electron chi connectivity index (χ2n) is 8.54. The fraction of sp³-hybridized carbons (Fsp3) is 0.850. The number of nitrogens with zero attached hydrogens (tertiary/aromatic N) is 2. The summed E-state index contributed by atoms with van der Waals surface area (Å²) in [5.74, 6) is 0. The van der Waals surface area contributed by atoms with Gasteiger partial charge >= 0.3 is 12.2 Å². The number of aldehydes is 1. The quantitative estimate of drug-likeness (QED) is 0.415. The molecule has 158 valence electrons. The molecular formula is C20H38N2O5. The summed E-state index contributed by atoms with van der Waals surface area (Å²) in [6, 6.07) is 0. The van der Waals surface area contributed by atoms with Gasteiger partial charge in [0.25, 0.3) is 0 Å². The molecule has 0 saturated carbocycles. The van der Waals surface area contributed by atoms with E-state index in [0.29, 0.717) is 39.0 Å². The molecule has 0 aliphatic rings. The summed E-state index contributed by atoms with van der Waals surface area (Å²) in [5, 5.41) is 0. The van der Waals surface area contributed by atoms with Crippen LogP contribution in [0, 0.1) is 0 Å². The molecule has 0 aliphatic carbocycles. The van der Waals surface area contributed by atoms with Gasteiger partial charge < -0.3 is 24.1 Å². The summed E-state index contributed by atoms with van der Waals surface area (Å²) in [6.45, 7) is 15.1. The van der Waals surface area contributed by atoms with E-state index in [4.69, 9.17) is 9.47 Å². The van der Waals surface area contributed by atoms with Gasteiger partial charge in [0.15, 0.2) is 0 Å². The van der Waals surface area contributed by atoms with E-state index in [1.54, 1.807) is 9.80 Å². The highest BCUT2D eigenvalue weighted by atomic mass is 16.6. The average molecular weight is 387 g/mol. The first kappa shape index (κ1) is 25.2. The minimum absolute atomic E-state index is 0.319. The van der Waals surface area contributed by atoms with Crippen LogP contribution in [0.4, 0.5) is 9.59 Å². The Balaban J connectivity index is 4.53. The molecule has 0 radical (unpaired) electrons. The molecule has 2 amide bonds. The monoisotopic (exact) mass is 386 g/mol. The van der Waals surface area contributed by atoms with Crippen LogP contribution < -0.4 is 0 Å². The van der Waals surface area contributed by atoms with Crippen molar-refractivity contribution in [1.29, 1.82) is 0 Å². The van der Waals surface area contributed by atoms with Gasteiger partial charge in [-0.05, 0) is 67.7 Å². The lowest BCUT2D eigenvalue weighted by molar-refractivity contribution is -0.108. The molecule has 0 unspecified atom stereocenters. The smallest absolute Gasteiger partial charge is 0.410 e. The van der Waals surface area contributed by atoms with E-state index in [2.05, 4.69) is 0 Å². The zero-order valence-corrected chi connectivity index (χ0v) is 18.2. The number of ether oxygens (including phenoxy) is 2. The van der Waals surface area contributed by atoms with E-state index in [9.17, 15) is 14.4 Å². The van der Waals surface area contributed by atoms with Gasteiger partial charge in [-0.3, -0.25) is 0 Å². The lowest BCUT2D eigenvalue weighted by Gasteiger charge is -2.28. The van der Waals surface area contributed by atoms with E-state index < -0.39 is 11.2 Å². The van der Waals surface area contributed by atoms with Crippen molar-refractivity contribution in [1.82, 2.24) is 9.80 Å². The Kier molecular flexibility index (Phi) is 11.0. The normalized spacial score (nSPS) is 11.7. The van der Waals surface area contributed by atoms with E-state index in [1.165, 1.54) is 0 Å². The van der Waals surface area contributed by atoms with Crippen LogP contribution in [0.15, 0.2) is 0 Å². The molecule has 0 heterocycles. The van der Waals surface area contributed by atoms with Gasteiger partial charge in [0.1, 0.15) is 17.5 Å². The number of hydrogen-bond acceptors (Lipinski definition) is 5. The lowest BCUT2D eigenvalue weighted by Crippen LogP contribution is -2.39. The van der Waals surface area contributed by atoms with Crippen LogP contribution in [-0.4, -0.2) is 65.7 Å². The average Bonchev–Trinajstić information content (AvgIpc) is 2.49. The fourth-order valence-electron chi connectivity index (χ4n) is 2.30. The molecule has 0 fully saturated rings. The van der Waals surface area contributed by atoms with Crippen molar-refractivity contribution < 1.29 is 23.9 Å². The van der Waals surface area contributed by atoms with Gasteiger partial charge in [-0.2, -0.15) is 0 Å². The number of unbranched alkanes of at least 4 members (excludes halogenated alkanes) is 2. The predicted molar refractivity (Wildman–Crippen MR) is 106 cm³/mol. The molecule has 27 heavy (non-hydrogen) atoms. The summed E-state index contributed by atoms with van der Waals surface area (Å²) in [6.07, 6.45) is 2.68. The maximum atomic E-state index is 12.3. The summed E-state index contributed by atoms with van der Waals surface area (Å²) < 4.78 is 10.8. The van der Waals surface area contributed by atoms with Crippen molar-refractivity contribution in [2.24, 2.45) is 0 Å². The van der Waals surface area contributed by atoms with Crippen molar-refractivity contribution in [3.63, 3.8) is 0 Å². The Labute approximate surface area is 164 Å². The molecular weight excluding hydrogens is 348 g/mol. The Bertz CT molecular complexity index is 466. The van der Waals surface area contributed by atoms with Gasteiger partial charge in [0.05, 0.1) is 0 Å². The summed E-state index contributed by atoms with van der Waals surface area (Å²) >= 11 is 0. The molecule has 0 spiro atoms. The summed E-state index contributed by atoms with van der Waals surface area (Å²) in [7, 11) is 0. The molecule has 0 aromatic rings. The van der Waals surface area contributed by atoms with E-state index in [0.717, 1.165) is 19.1 Å². The van der Waals surface area contributed by atoms with Gasteiger partial charge in [-0.25, -0.2) is 9.59 Å². The van der Waals surface area contributed by atoms with Crippen LogP contribution in [-0.2, 0) is 14.3 Å². The third-order valence-corrected chi connectivity index (χ3v) is 3.54. The molecule has 0 bridgehead atoms. The van der Waals surface area contributed by atoms with E-state index in [-0.39, 0.29) is 12.2 Å². The molecule has 0 atom stereocenters. The largest absolute Gasteiger partial charge is 0.444 e. The number of amides is 2. The highest BCUT2D eigenvalue weighted by Crippen LogP contribution is 2.13. The predicted octanol–water partition coefficient (Wildman–Crippen LogP) is 4.24. The van der Waals surface area contributed by atoms with E-state index >= 15 is 0 Å². The molecule has 7 nitrogen and oxygen atoms in total. The first-order valence-electron chi connectivity index (χ1n) is 9.79. The standard InChI is InChI=1S/C20H38N2O5/c1-8-21(17(24)26-19(2,3)4)13-9-10-14-22(15-11-12-16-23)18(25)27-20(5,6)7/h16H,8-15H2,1-7H3. The lowest BCUT2D eigenvalue weighted by atomic mass is 10.2. The minimum atomic E-state index is -0.560. The van der Waals surface area contributed by atoms with Crippen LogP contribution in [0.2, 0.25) is 0 Å². The van der Waals surface area contributed by atoms with Crippen molar-refractivity contribution >= 4 is 18.5 Å². The zero-order valence-electron chi connectivity index (χ0n) is 18.2. The van der Waals surface area contributed by atoms with Crippen LogP contribution in [0.5, 0.6) is 0 Å². The van der Waals surface area contributed by atoms with Crippen molar-refractivity contribution in [2.75, 3.05) is 26.2 Å². The van der Waals surface area contributed by atoms with Crippen LogP contribution >= 0.6 is 0 Å². The van der Waals surface area contributed by atoms with Crippen molar-refractivity contribution in [3.8, 4) is 0 Å². The van der Waals surface area contributed by atoms with Gasteiger partial charge in [0.2, 0.25) is 0 Å². The minimum Gasteiger partial charge on any atom is -0.444 e. The van der Waals surface area contributed by atoms with Crippen molar-refractivity contribution in [2.45, 2.75) is 85.4 Å². The van der Waals surface area contributed by atoms with Gasteiger partial charge in [-0.1, -0.05) is 0 Å². The van der Waals surface area contributed by atoms with Crippen LogP contribution in [0.1, 0.15) is 74.1 Å². The van der Waals surface area contributed by atoms with Crippen molar-refractivity contribution in [3.05, 3.63) is 0 Å². The third-order valence-electron chi connectivity index (χ3n) is 3.54. The highest BCUT2D eigenvalue weighted by molar-refractivity contribution is 5.68.